The number of hydrogen-bond donors (Lipinski definition) is 1. The smallest absolute Gasteiger partial charge is 0.336 e. The summed E-state index contributed by atoms with van der Waals surface area (Å²) in [6.45, 7) is 0. The van der Waals surface area contributed by atoms with Gasteiger partial charge in [0, 0.05) is 11.1 Å². The molecule has 1 heterocycles. The molecule has 0 fully saturated rings. The highest BCUT2D eigenvalue weighted by Gasteiger charge is 2.27. The number of aromatic carboxylic acids is 1. The normalized spacial score (nSPS) is 17.0. The predicted octanol–water partition coefficient (Wildman–Crippen LogP) is 4.21. The zero-order chi connectivity index (χ0) is 15.8. The molecule has 3 heteroatoms. The number of pyridine rings is 1. The molecule has 3 aromatic rings. The van der Waals surface area contributed by atoms with Crippen molar-refractivity contribution in [1.29, 1.82) is 0 Å². The number of nitrogens with zero attached hydrogens (tertiary/aromatic N) is 1. The minimum Gasteiger partial charge on any atom is -0.478 e. The highest BCUT2D eigenvalue weighted by Crippen LogP contribution is 2.36. The Kier molecular flexibility index (Phi) is 3.34. The van der Waals surface area contributed by atoms with Crippen molar-refractivity contribution in [3.8, 4) is 0 Å². The maximum Gasteiger partial charge on any atom is 0.336 e. The standard InChI is InChI=1S/C20H17NO2/c22-20(23)19-15-8-4-5-9-17(15)21-18-11-10-14(12-16(18)19)13-6-2-1-3-7-13/h1-9,14H,10-12H2,(H,22,23)/t14-/m1/s1. The molecule has 0 aliphatic heterocycles. The number of aromatic nitrogens is 1. The van der Waals surface area contributed by atoms with E-state index < -0.39 is 5.97 Å². The first kappa shape index (κ1) is 13.9. The third-order valence-electron chi connectivity index (χ3n) is 4.74. The Morgan fingerprint density at radius 1 is 1.04 bits per heavy atom. The van der Waals surface area contributed by atoms with Crippen LogP contribution in [0.3, 0.4) is 0 Å². The number of carbonyl (C=O) groups is 1. The van der Waals surface area contributed by atoms with Gasteiger partial charge in [-0.2, -0.15) is 0 Å². The first-order valence-corrected chi connectivity index (χ1v) is 7.93. The van der Waals surface area contributed by atoms with Crippen LogP contribution in [-0.2, 0) is 12.8 Å². The van der Waals surface area contributed by atoms with Crippen LogP contribution in [0.25, 0.3) is 10.9 Å². The molecule has 1 N–H and O–H groups in total. The SMILES string of the molecule is O=C(O)c1c2c(nc3ccccc13)CC[C@@H](c1ccccc1)C2. The van der Waals surface area contributed by atoms with Gasteiger partial charge in [0.2, 0.25) is 0 Å². The molecule has 2 aromatic carbocycles. The van der Waals surface area contributed by atoms with Gasteiger partial charge >= 0.3 is 5.97 Å². The fourth-order valence-electron chi connectivity index (χ4n) is 3.64. The molecule has 0 radical (unpaired) electrons. The average molecular weight is 303 g/mol. The Morgan fingerprint density at radius 2 is 1.78 bits per heavy atom. The first-order valence-electron chi connectivity index (χ1n) is 7.93. The summed E-state index contributed by atoms with van der Waals surface area (Å²) in [5, 5.41) is 10.5. The molecule has 1 aromatic heterocycles. The van der Waals surface area contributed by atoms with Crippen LogP contribution in [0.2, 0.25) is 0 Å². The Balaban J connectivity index is 1.87. The first-order chi connectivity index (χ1) is 11.2. The summed E-state index contributed by atoms with van der Waals surface area (Å²) in [6.07, 6.45) is 2.60. The lowest BCUT2D eigenvalue weighted by Gasteiger charge is -2.26. The molecule has 0 spiro atoms. The number of rotatable bonds is 2. The number of carboxylic acid groups (broad SMARTS) is 1. The topological polar surface area (TPSA) is 50.2 Å². The Morgan fingerprint density at radius 3 is 2.57 bits per heavy atom. The molecule has 114 valence electrons. The second-order valence-corrected chi connectivity index (χ2v) is 6.08. The van der Waals surface area contributed by atoms with Gasteiger partial charge in [-0.15, -0.1) is 0 Å². The second kappa shape index (κ2) is 5.51. The van der Waals surface area contributed by atoms with E-state index in [0.717, 1.165) is 41.4 Å². The van der Waals surface area contributed by atoms with E-state index in [4.69, 9.17) is 4.98 Å². The molecular formula is C20H17NO2. The summed E-state index contributed by atoms with van der Waals surface area (Å²) in [5.74, 6) is -0.488. The molecule has 0 unspecified atom stereocenters. The summed E-state index contributed by atoms with van der Waals surface area (Å²) >= 11 is 0. The number of carboxylic acids is 1. The molecule has 1 aliphatic rings. The van der Waals surface area contributed by atoms with Crippen LogP contribution in [0.15, 0.2) is 54.6 Å². The van der Waals surface area contributed by atoms with E-state index in [0.29, 0.717) is 11.5 Å². The Bertz CT molecular complexity index is 887. The van der Waals surface area contributed by atoms with Gasteiger partial charge in [0.15, 0.2) is 0 Å². The average Bonchev–Trinajstić information content (AvgIpc) is 2.59. The van der Waals surface area contributed by atoms with Gasteiger partial charge in [-0.25, -0.2) is 4.79 Å². The number of aryl methyl sites for hydroxylation is 1. The van der Waals surface area contributed by atoms with Gasteiger partial charge in [-0.3, -0.25) is 4.98 Å². The van der Waals surface area contributed by atoms with Crippen molar-refractivity contribution in [3.05, 3.63) is 77.0 Å². The van der Waals surface area contributed by atoms with Crippen molar-refractivity contribution < 1.29 is 9.90 Å². The summed E-state index contributed by atoms with van der Waals surface area (Å²) in [7, 11) is 0. The van der Waals surface area contributed by atoms with Crippen molar-refractivity contribution in [3.63, 3.8) is 0 Å². The van der Waals surface area contributed by atoms with Gasteiger partial charge in [-0.05, 0) is 42.4 Å². The number of para-hydroxylation sites is 1. The highest BCUT2D eigenvalue weighted by molar-refractivity contribution is 6.04. The van der Waals surface area contributed by atoms with Crippen LogP contribution < -0.4 is 0 Å². The van der Waals surface area contributed by atoms with Gasteiger partial charge in [0.25, 0.3) is 0 Å². The molecule has 0 bridgehead atoms. The van der Waals surface area contributed by atoms with E-state index >= 15 is 0 Å². The number of fused-ring (bicyclic) bond motifs is 2. The molecular weight excluding hydrogens is 286 g/mol. The molecule has 0 saturated heterocycles. The minimum absolute atomic E-state index is 0.366. The second-order valence-electron chi connectivity index (χ2n) is 6.08. The Hall–Kier alpha value is -2.68. The lowest BCUT2D eigenvalue weighted by atomic mass is 9.80. The van der Waals surface area contributed by atoms with Crippen LogP contribution in [0.1, 0.15) is 39.5 Å². The van der Waals surface area contributed by atoms with Crippen LogP contribution in [0.5, 0.6) is 0 Å². The third kappa shape index (κ3) is 2.38. The predicted molar refractivity (Wildman–Crippen MR) is 89.9 cm³/mol. The van der Waals surface area contributed by atoms with Crippen LogP contribution >= 0.6 is 0 Å². The van der Waals surface area contributed by atoms with Gasteiger partial charge in [0.05, 0.1) is 11.1 Å². The largest absolute Gasteiger partial charge is 0.478 e. The van der Waals surface area contributed by atoms with E-state index in [1.807, 2.05) is 42.5 Å². The fourth-order valence-corrected chi connectivity index (χ4v) is 3.64. The van der Waals surface area contributed by atoms with E-state index in [2.05, 4.69) is 12.1 Å². The van der Waals surface area contributed by atoms with E-state index in [1.165, 1.54) is 5.56 Å². The summed E-state index contributed by atoms with van der Waals surface area (Å²) in [6, 6.07) is 17.9. The zero-order valence-electron chi connectivity index (χ0n) is 12.7. The molecule has 23 heavy (non-hydrogen) atoms. The van der Waals surface area contributed by atoms with Crippen molar-refractivity contribution in [2.24, 2.45) is 0 Å². The number of benzene rings is 2. The van der Waals surface area contributed by atoms with E-state index in [-0.39, 0.29) is 0 Å². The summed E-state index contributed by atoms with van der Waals surface area (Å²) in [5.41, 5.74) is 4.36. The van der Waals surface area contributed by atoms with Crippen molar-refractivity contribution in [2.75, 3.05) is 0 Å². The van der Waals surface area contributed by atoms with Crippen molar-refractivity contribution in [2.45, 2.75) is 25.2 Å². The van der Waals surface area contributed by atoms with Crippen LogP contribution in [-0.4, -0.2) is 16.1 Å². The van der Waals surface area contributed by atoms with E-state index in [9.17, 15) is 9.90 Å². The zero-order valence-corrected chi connectivity index (χ0v) is 12.7. The monoisotopic (exact) mass is 303 g/mol. The van der Waals surface area contributed by atoms with Crippen molar-refractivity contribution in [1.82, 2.24) is 4.98 Å². The van der Waals surface area contributed by atoms with Gasteiger partial charge in [0.1, 0.15) is 0 Å². The van der Waals surface area contributed by atoms with E-state index in [1.54, 1.807) is 0 Å². The lowest BCUT2D eigenvalue weighted by molar-refractivity contribution is 0.0697. The fraction of sp³-hybridized carbons (Fsp3) is 0.200. The van der Waals surface area contributed by atoms with Gasteiger partial charge < -0.3 is 5.11 Å². The lowest BCUT2D eigenvalue weighted by Crippen LogP contribution is -2.18. The van der Waals surface area contributed by atoms with Gasteiger partial charge in [-0.1, -0.05) is 48.5 Å². The molecule has 3 nitrogen and oxygen atoms in total. The molecule has 0 amide bonds. The van der Waals surface area contributed by atoms with Crippen LogP contribution in [0, 0.1) is 0 Å². The Labute approximate surface area is 134 Å². The summed E-state index contributed by atoms with van der Waals surface area (Å²) in [4.78, 5) is 16.6. The minimum atomic E-state index is -0.853. The maximum absolute atomic E-state index is 11.9. The third-order valence-corrected chi connectivity index (χ3v) is 4.74. The molecule has 4 rings (SSSR count). The summed E-state index contributed by atoms with van der Waals surface area (Å²) < 4.78 is 0. The maximum atomic E-state index is 11.9. The molecule has 1 aliphatic carbocycles. The van der Waals surface area contributed by atoms with Crippen molar-refractivity contribution >= 4 is 16.9 Å². The molecule has 1 atom stereocenters. The van der Waals surface area contributed by atoms with Crippen LogP contribution in [0.4, 0.5) is 0 Å². The molecule has 0 saturated carbocycles. The highest BCUT2D eigenvalue weighted by atomic mass is 16.4. The number of hydrogen-bond acceptors (Lipinski definition) is 2. The quantitative estimate of drug-likeness (QED) is 0.771.